The first-order valence-corrected chi connectivity index (χ1v) is 6.99. The van der Waals surface area contributed by atoms with Crippen LogP contribution in [0.3, 0.4) is 0 Å². The number of nitrogens with one attached hydrogen (secondary N) is 1. The minimum Gasteiger partial charge on any atom is -0.359 e. The molecule has 0 spiro atoms. The summed E-state index contributed by atoms with van der Waals surface area (Å²) in [6.45, 7) is 0. The maximum atomic E-state index is 13.2. The molecule has 22 heavy (non-hydrogen) atoms. The van der Waals surface area contributed by atoms with Crippen LogP contribution in [0, 0.1) is 5.92 Å². The fourth-order valence-electron chi connectivity index (χ4n) is 2.23. The van der Waals surface area contributed by atoms with E-state index in [2.05, 4.69) is 5.43 Å². The number of benzene rings is 1. The summed E-state index contributed by atoms with van der Waals surface area (Å²) in [5.41, 5.74) is -0.590. The van der Waals surface area contributed by atoms with E-state index in [-0.39, 0.29) is 10.7 Å². The number of rotatable bonds is 2. The Kier molecular flexibility index (Phi) is 3.37. The lowest BCUT2D eigenvalue weighted by Gasteiger charge is -2.33. The Morgan fingerprint density at radius 1 is 1.32 bits per heavy atom. The largest absolute Gasteiger partial charge is 0.442 e. The third kappa shape index (κ3) is 2.44. The van der Waals surface area contributed by atoms with E-state index in [1.165, 1.54) is 24.3 Å². The number of hydrogen-bond acceptors (Lipinski definition) is 3. The number of aliphatic hydroxyl groups is 1. The van der Waals surface area contributed by atoms with Crippen LogP contribution in [0.2, 0.25) is 5.02 Å². The Bertz CT molecular complexity index is 640. The normalized spacial score (nSPS) is 25.0. The van der Waals surface area contributed by atoms with Gasteiger partial charge in [0.15, 0.2) is 0 Å². The summed E-state index contributed by atoms with van der Waals surface area (Å²) in [6.07, 6.45) is -3.35. The second-order valence-corrected chi connectivity index (χ2v) is 5.78. The summed E-state index contributed by atoms with van der Waals surface area (Å²) in [6, 6.07) is 6.03. The summed E-state index contributed by atoms with van der Waals surface area (Å²) in [4.78, 5) is 12.0. The molecule has 0 aromatic heterocycles. The molecule has 1 amide bonds. The number of carbonyl (C=O) groups excluding carboxylic acids is 1. The highest BCUT2D eigenvalue weighted by molar-refractivity contribution is 6.30. The second kappa shape index (κ2) is 4.89. The van der Waals surface area contributed by atoms with Crippen molar-refractivity contribution in [1.82, 2.24) is 10.4 Å². The van der Waals surface area contributed by atoms with Crippen molar-refractivity contribution in [2.75, 3.05) is 0 Å². The zero-order valence-corrected chi connectivity index (χ0v) is 11.9. The maximum Gasteiger partial charge on any atom is 0.442 e. The quantitative estimate of drug-likeness (QED) is 0.875. The molecule has 1 aromatic carbocycles. The van der Waals surface area contributed by atoms with E-state index in [0.717, 1.165) is 0 Å². The van der Waals surface area contributed by atoms with Crippen LogP contribution in [0.4, 0.5) is 13.2 Å². The second-order valence-electron chi connectivity index (χ2n) is 5.35. The highest BCUT2D eigenvalue weighted by Gasteiger charge is 2.62. The molecule has 118 valence electrons. The predicted molar refractivity (Wildman–Crippen MR) is 73.1 cm³/mol. The lowest BCUT2D eigenvalue weighted by atomic mass is 10.1. The SMILES string of the molecule is O=C(C1CC1)N1NC(c2ccc(Cl)cc2)=CC1(O)C(F)(F)F. The van der Waals surface area contributed by atoms with E-state index in [0.29, 0.717) is 29.5 Å². The molecule has 1 aliphatic carbocycles. The molecule has 2 aliphatic rings. The van der Waals surface area contributed by atoms with Gasteiger partial charge in [-0.25, -0.2) is 5.01 Å². The molecule has 0 saturated heterocycles. The first-order valence-electron chi connectivity index (χ1n) is 6.61. The van der Waals surface area contributed by atoms with Gasteiger partial charge in [-0.15, -0.1) is 0 Å². The summed E-state index contributed by atoms with van der Waals surface area (Å²) in [7, 11) is 0. The number of alkyl halides is 3. The van der Waals surface area contributed by atoms with Crippen molar-refractivity contribution in [2.45, 2.75) is 24.7 Å². The van der Waals surface area contributed by atoms with E-state index in [1.54, 1.807) is 0 Å². The summed E-state index contributed by atoms with van der Waals surface area (Å²) in [5, 5.41) is 10.7. The number of hydrazine groups is 1. The van der Waals surface area contributed by atoms with Crippen LogP contribution in [0.1, 0.15) is 18.4 Å². The van der Waals surface area contributed by atoms with E-state index in [4.69, 9.17) is 11.6 Å². The van der Waals surface area contributed by atoms with Gasteiger partial charge in [-0.3, -0.25) is 10.2 Å². The lowest BCUT2D eigenvalue weighted by Crippen LogP contribution is -2.60. The molecular weight excluding hydrogens is 321 g/mol. The Morgan fingerprint density at radius 3 is 2.41 bits per heavy atom. The van der Waals surface area contributed by atoms with Gasteiger partial charge >= 0.3 is 6.18 Å². The molecule has 1 saturated carbocycles. The molecule has 1 fully saturated rings. The minimum absolute atomic E-state index is 0.00508. The van der Waals surface area contributed by atoms with Gasteiger partial charge in [0.2, 0.25) is 5.91 Å². The molecule has 4 nitrogen and oxygen atoms in total. The topological polar surface area (TPSA) is 52.6 Å². The molecule has 0 bridgehead atoms. The smallest absolute Gasteiger partial charge is 0.359 e. The van der Waals surface area contributed by atoms with E-state index in [1.807, 2.05) is 0 Å². The van der Waals surface area contributed by atoms with Crippen molar-refractivity contribution in [3.05, 3.63) is 40.9 Å². The maximum absolute atomic E-state index is 13.2. The van der Waals surface area contributed by atoms with E-state index < -0.39 is 23.7 Å². The lowest BCUT2D eigenvalue weighted by molar-refractivity contribution is -0.289. The fraction of sp³-hybridized carbons (Fsp3) is 0.357. The zero-order chi connectivity index (χ0) is 16.1. The first kappa shape index (κ1) is 15.2. The van der Waals surface area contributed by atoms with E-state index >= 15 is 0 Å². The van der Waals surface area contributed by atoms with Gasteiger partial charge < -0.3 is 5.11 Å². The Morgan fingerprint density at radius 2 is 1.91 bits per heavy atom. The third-order valence-corrected chi connectivity index (χ3v) is 3.89. The molecule has 0 radical (unpaired) electrons. The Balaban J connectivity index is 1.98. The zero-order valence-electron chi connectivity index (χ0n) is 11.2. The van der Waals surface area contributed by atoms with Gasteiger partial charge in [-0.2, -0.15) is 13.2 Å². The van der Waals surface area contributed by atoms with Crippen LogP contribution in [-0.4, -0.2) is 27.9 Å². The standard InChI is InChI=1S/C14H12ClF3N2O2/c15-10-5-3-8(4-6-10)11-7-13(22,14(16,17)18)20(19-11)12(21)9-1-2-9/h3-7,9,19,22H,1-2H2. The fourth-order valence-corrected chi connectivity index (χ4v) is 2.35. The monoisotopic (exact) mass is 332 g/mol. The third-order valence-electron chi connectivity index (χ3n) is 3.64. The average Bonchev–Trinajstić information content (AvgIpc) is 3.21. The van der Waals surface area contributed by atoms with Crippen molar-refractivity contribution < 1.29 is 23.1 Å². The van der Waals surface area contributed by atoms with Crippen LogP contribution >= 0.6 is 11.6 Å². The van der Waals surface area contributed by atoms with Crippen molar-refractivity contribution in [3.8, 4) is 0 Å². The average molecular weight is 333 g/mol. The highest BCUT2D eigenvalue weighted by atomic mass is 35.5. The Labute approximate surface area is 129 Å². The summed E-state index contributed by atoms with van der Waals surface area (Å²) < 4.78 is 39.7. The molecule has 1 atom stereocenters. The molecule has 1 heterocycles. The van der Waals surface area contributed by atoms with Gasteiger partial charge in [-0.1, -0.05) is 23.7 Å². The Hall–Kier alpha value is -1.73. The van der Waals surface area contributed by atoms with Crippen LogP contribution in [-0.2, 0) is 4.79 Å². The summed E-state index contributed by atoms with van der Waals surface area (Å²) >= 11 is 5.74. The number of amides is 1. The number of nitrogens with zero attached hydrogens (tertiary/aromatic N) is 1. The predicted octanol–water partition coefficient (Wildman–Crippen LogP) is 2.69. The van der Waals surface area contributed by atoms with E-state index in [9.17, 15) is 23.1 Å². The van der Waals surface area contributed by atoms with Crippen LogP contribution in [0.25, 0.3) is 5.70 Å². The molecule has 3 rings (SSSR count). The highest BCUT2D eigenvalue weighted by Crippen LogP contribution is 2.42. The molecule has 1 aliphatic heterocycles. The number of carbonyl (C=O) groups is 1. The van der Waals surface area contributed by atoms with Crippen LogP contribution in [0.5, 0.6) is 0 Å². The molecule has 8 heteroatoms. The van der Waals surface area contributed by atoms with Crippen molar-refractivity contribution in [3.63, 3.8) is 0 Å². The van der Waals surface area contributed by atoms with Crippen LogP contribution in [0.15, 0.2) is 30.3 Å². The molecule has 1 unspecified atom stereocenters. The van der Waals surface area contributed by atoms with Gasteiger partial charge in [0.05, 0.1) is 5.70 Å². The van der Waals surface area contributed by atoms with Crippen LogP contribution < -0.4 is 5.43 Å². The van der Waals surface area contributed by atoms with Gasteiger partial charge in [0.25, 0.3) is 5.72 Å². The minimum atomic E-state index is -5.02. The van der Waals surface area contributed by atoms with Crippen molar-refractivity contribution in [2.24, 2.45) is 5.92 Å². The van der Waals surface area contributed by atoms with Gasteiger partial charge in [0.1, 0.15) is 0 Å². The van der Waals surface area contributed by atoms with Gasteiger partial charge in [0, 0.05) is 17.0 Å². The summed E-state index contributed by atoms with van der Waals surface area (Å²) in [5.74, 6) is -1.24. The molecule has 2 N–H and O–H groups in total. The van der Waals surface area contributed by atoms with Crippen molar-refractivity contribution >= 4 is 23.2 Å². The molecule has 1 aromatic rings. The van der Waals surface area contributed by atoms with Crippen molar-refractivity contribution in [1.29, 1.82) is 0 Å². The number of hydrogen-bond donors (Lipinski definition) is 2. The first-order chi connectivity index (χ1) is 10.2. The number of halogens is 4. The van der Waals surface area contributed by atoms with Gasteiger partial charge in [-0.05, 0) is 30.5 Å². The molecular formula is C14H12ClF3N2O2.